The Morgan fingerprint density at radius 3 is 2.27 bits per heavy atom. The average Bonchev–Trinajstić information content (AvgIpc) is 3.17. The number of benzene rings is 3. The Morgan fingerprint density at radius 1 is 0.970 bits per heavy atom. The van der Waals surface area contributed by atoms with E-state index < -0.39 is 21.8 Å². The number of hydrogen-bond donors (Lipinski definition) is 2. The second kappa shape index (κ2) is 9.03. The van der Waals surface area contributed by atoms with Crippen LogP contribution in [0.4, 0.5) is 21.5 Å². The standard InChI is InChI=1S/C24H22FN3O4S/c1-16-6-12-20(13-7-16)33(31,32)27-19-10-8-18(9-11-19)26-24(30)17-14-23(29)28(15-17)22-5-3-2-4-21(22)25/h2-13,17,27H,14-15H2,1H3,(H,26,30). The SMILES string of the molecule is Cc1ccc(S(=O)(=O)Nc2ccc(NC(=O)C3CC(=O)N(c4ccccc4F)C3)cc2)cc1. The molecule has 3 aromatic carbocycles. The summed E-state index contributed by atoms with van der Waals surface area (Å²) in [5.74, 6) is -1.83. The van der Waals surface area contributed by atoms with Gasteiger partial charge in [0.2, 0.25) is 11.8 Å². The lowest BCUT2D eigenvalue weighted by molar-refractivity contribution is -0.122. The zero-order chi connectivity index (χ0) is 23.6. The molecule has 0 aromatic heterocycles. The van der Waals surface area contributed by atoms with E-state index in [4.69, 9.17) is 0 Å². The number of amides is 2. The number of nitrogens with zero attached hydrogens (tertiary/aromatic N) is 1. The number of anilines is 3. The van der Waals surface area contributed by atoms with Gasteiger partial charge in [0.15, 0.2) is 0 Å². The second-order valence-corrected chi connectivity index (χ2v) is 9.52. The third kappa shape index (κ3) is 5.04. The van der Waals surface area contributed by atoms with E-state index in [1.165, 1.54) is 47.4 Å². The van der Waals surface area contributed by atoms with Crippen molar-refractivity contribution in [1.82, 2.24) is 0 Å². The fraction of sp³-hybridized carbons (Fsp3) is 0.167. The first-order valence-electron chi connectivity index (χ1n) is 10.3. The maximum atomic E-state index is 14.0. The van der Waals surface area contributed by atoms with Gasteiger partial charge in [0.1, 0.15) is 5.82 Å². The van der Waals surface area contributed by atoms with Crippen molar-refractivity contribution in [2.45, 2.75) is 18.2 Å². The number of carbonyl (C=O) groups is 2. The number of nitrogens with one attached hydrogen (secondary N) is 2. The van der Waals surface area contributed by atoms with Gasteiger partial charge >= 0.3 is 0 Å². The van der Waals surface area contributed by atoms with E-state index in [0.717, 1.165) is 5.56 Å². The third-order valence-electron chi connectivity index (χ3n) is 5.38. The molecule has 0 spiro atoms. The van der Waals surface area contributed by atoms with Gasteiger partial charge in [-0.3, -0.25) is 14.3 Å². The lowest BCUT2D eigenvalue weighted by Crippen LogP contribution is -2.28. The van der Waals surface area contributed by atoms with Gasteiger partial charge < -0.3 is 10.2 Å². The van der Waals surface area contributed by atoms with E-state index in [-0.39, 0.29) is 35.4 Å². The van der Waals surface area contributed by atoms with Gasteiger partial charge in [-0.2, -0.15) is 0 Å². The van der Waals surface area contributed by atoms with Crippen LogP contribution < -0.4 is 14.9 Å². The number of carbonyl (C=O) groups excluding carboxylic acids is 2. The summed E-state index contributed by atoms with van der Waals surface area (Å²) in [5, 5.41) is 2.73. The van der Waals surface area contributed by atoms with Crippen LogP contribution in [-0.4, -0.2) is 26.8 Å². The lowest BCUT2D eigenvalue weighted by atomic mass is 10.1. The molecule has 4 rings (SSSR count). The van der Waals surface area contributed by atoms with Crippen molar-refractivity contribution in [3.05, 3.63) is 84.2 Å². The number of rotatable bonds is 6. The molecular weight excluding hydrogens is 445 g/mol. The van der Waals surface area contributed by atoms with Gasteiger partial charge in [-0.15, -0.1) is 0 Å². The minimum Gasteiger partial charge on any atom is -0.326 e. The number of halogens is 1. The van der Waals surface area contributed by atoms with Crippen LogP contribution in [0.1, 0.15) is 12.0 Å². The molecule has 2 N–H and O–H groups in total. The lowest BCUT2D eigenvalue weighted by Gasteiger charge is -2.17. The molecule has 1 aliphatic rings. The molecule has 2 amide bonds. The van der Waals surface area contributed by atoms with Crippen molar-refractivity contribution >= 4 is 38.9 Å². The van der Waals surface area contributed by atoms with Crippen LogP contribution in [0.5, 0.6) is 0 Å². The number of para-hydroxylation sites is 1. The molecule has 1 saturated heterocycles. The molecule has 1 heterocycles. The summed E-state index contributed by atoms with van der Waals surface area (Å²) in [4.78, 5) is 26.4. The van der Waals surface area contributed by atoms with Crippen LogP contribution in [0.3, 0.4) is 0 Å². The maximum Gasteiger partial charge on any atom is 0.261 e. The molecule has 0 bridgehead atoms. The van der Waals surface area contributed by atoms with Crippen molar-refractivity contribution in [1.29, 1.82) is 0 Å². The van der Waals surface area contributed by atoms with Crippen molar-refractivity contribution in [3.63, 3.8) is 0 Å². The smallest absolute Gasteiger partial charge is 0.261 e. The van der Waals surface area contributed by atoms with Crippen LogP contribution in [0.2, 0.25) is 0 Å². The van der Waals surface area contributed by atoms with E-state index in [1.54, 1.807) is 30.3 Å². The number of sulfonamides is 1. The zero-order valence-corrected chi connectivity index (χ0v) is 18.6. The minimum absolute atomic E-state index is 0.0192. The Balaban J connectivity index is 1.39. The summed E-state index contributed by atoms with van der Waals surface area (Å²) >= 11 is 0. The maximum absolute atomic E-state index is 14.0. The van der Waals surface area contributed by atoms with Crippen molar-refractivity contribution in [2.75, 3.05) is 21.5 Å². The first kappa shape index (κ1) is 22.5. The molecule has 1 aliphatic heterocycles. The second-order valence-electron chi connectivity index (χ2n) is 7.84. The number of aryl methyl sites for hydroxylation is 1. The van der Waals surface area contributed by atoms with Crippen LogP contribution in [0.15, 0.2) is 77.7 Å². The van der Waals surface area contributed by atoms with E-state index in [1.807, 2.05) is 6.92 Å². The van der Waals surface area contributed by atoms with Gasteiger partial charge in [-0.05, 0) is 55.5 Å². The van der Waals surface area contributed by atoms with Crippen LogP contribution in [-0.2, 0) is 19.6 Å². The molecule has 9 heteroatoms. The summed E-state index contributed by atoms with van der Waals surface area (Å²) in [7, 11) is -3.73. The van der Waals surface area contributed by atoms with Crippen LogP contribution in [0, 0.1) is 18.7 Å². The molecule has 33 heavy (non-hydrogen) atoms. The molecule has 1 atom stereocenters. The van der Waals surface area contributed by atoms with Gasteiger partial charge in [-0.25, -0.2) is 12.8 Å². The fourth-order valence-corrected chi connectivity index (χ4v) is 4.64. The Labute approximate surface area is 191 Å². The summed E-state index contributed by atoms with van der Waals surface area (Å²) in [6, 6.07) is 18.6. The molecule has 3 aromatic rings. The minimum atomic E-state index is -3.73. The molecule has 1 unspecified atom stereocenters. The van der Waals surface area contributed by atoms with E-state index in [2.05, 4.69) is 10.0 Å². The first-order chi connectivity index (χ1) is 15.7. The molecule has 0 aliphatic carbocycles. The topological polar surface area (TPSA) is 95.6 Å². The predicted molar refractivity (Wildman–Crippen MR) is 124 cm³/mol. The first-order valence-corrected chi connectivity index (χ1v) is 11.8. The van der Waals surface area contributed by atoms with Gasteiger partial charge in [0.25, 0.3) is 10.0 Å². The van der Waals surface area contributed by atoms with E-state index in [9.17, 15) is 22.4 Å². The van der Waals surface area contributed by atoms with Gasteiger partial charge in [-0.1, -0.05) is 29.8 Å². The van der Waals surface area contributed by atoms with Crippen LogP contribution in [0.25, 0.3) is 0 Å². The van der Waals surface area contributed by atoms with Crippen molar-refractivity contribution < 1.29 is 22.4 Å². The summed E-state index contributed by atoms with van der Waals surface area (Å²) in [5.41, 5.74) is 1.91. The Kier molecular flexibility index (Phi) is 6.15. The molecule has 170 valence electrons. The highest BCUT2D eigenvalue weighted by molar-refractivity contribution is 7.92. The molecule has 1 fully saturated rings. The van der Waals surface area contributed by atoms with E-state index in [0.29, 0.717) is 11.4 Å². The number of hydrogen-bond acceptors (Lipinski definition) is 4. The third-order valence-corrected chi connectivity index (χ3v) is 6.77. The summed E-state index contributed by atoms with van der Waals surface area (Å²) in [6.07, 6.45) is -0.0192. The molecular formula is C24H22FN3O4S. The molecule has 0 radical (unpaired) electrons. The van der Waals surface area contributed by atoms with Gasteiger partial charge in [0, 0.05) is 24.3 Å². The van der Waals surface area contributed by atoms with Crippen molar-refractivity contribution in [2.24, 2.45) is 5.92 Å². The highest BCUT2D eigenvalue weighted by atomic mass is 32.2. The Bertz CT molecular complexity index is 1290. The normalized spacial score (nSPS) is 16.0. The van der Waals surface area contributed by atoms with Gasteiger partial charge in [0.05, 0.1) is 16.5 Å². The van der Waals surface area contributed by atoms with E-state index >= 15 is 0 Å². The molecule has 7 nitrogen and oxygen atoms in total. The van der Waals surface area contributed by atoms with Crippen LogP contribution >= 0.6 is 0 Å². The highest BCUT2D eigenvalue weighted by Gasteiger charge is 2.36. The average molecular weight is 468 g/mol. The predicted octanol–water partition coefficient (Wildman–Crippen LogP) is 3.93. The fourth-order valence-electron chi connectivity index (χ4n) is 3.58. The summed E-state index contributed by atoms with van der Waals surface area (Å²) in [6.45, 7) is 1.95. The van der Waals surface area contributed by atoms with Crippen molar-refractivity contribution in [3.8, 4) is 0 Å². The Hall–Kier alpha value is -3.72. The summed E-state index contributed by atoms with van der Waals surface area (Å²) < 4.78 is 41.5. The highest BCUT2D eigenvalue weighted by Crippen LogP contribution is 2.28. The zero-order valence-electron chi connectivity index (χ0n) is 17.8. The monoisotopic (exact) mass is 467 g/mol. The molecule has 0 saturated carbocycles. The Morgan fingerprint density at radius 2 is 1.61 bits per heavy atom. The largest absolute Gasteiger partial charge is 0.326 e. The quantitative estimate of drug-likeness (QED) is 0.574.